The fraction of sp³-hybridized carbons (Fsp3) is 0.533. The van der Waals surface area contributed by atoms with E-state index in [1.807, 2.05) is 6.92 Å². The number of hydrogen-bond acceptors (Lipinski definition) is 5. The predicted octanol–water partition coefficient (Wildman–Crippen LogP) is 2.27. The molecule has 6 heteroatoms. The lowest BCUT2D eigenvalue weighted by atomic mass is 10.1. The number of carbonyl (C=O) groups is 1. The summed E-state index contributed by atoms with van der Waals surface area (Å²) in [7, 11) is 0. The predicted molar refractivity (Wildman–Crippen MR) is 80.4 cm³/mol. The summed E-state index contributed by atoms with van der Waals surface area (Å²) in [6.07, 6.45) is -0.461. The normalized spacial score (nSPS) is 12.8. The number of phenolic OH excluding ortho intramolecular Hbond substituents is 2. The van der Waals surface area contributed by atoms with Crippen LogP contribution in [0.5, 0.6) is 11.5 Å². The Morgan fingerprint density at radius 2 is 1.95 bits per heavy atom. The van der Waals surface area contributed by atoms with Crippen LogP contribution >= 0.6 is 0 Å². The number of rotatable bonds is 5. The van der Waals surface area contributed by atoms with Gasteiger partial charge in [0.15, 0.2) is 0 Å². The number of nitrogens with one attached hydrogen (secondary N) is 2. The topological polar surface area (TPSA) is 90.8 Å². The van der Waals surface area contributed by atoms with E-state index in [-0.39, 0.29) is 17.5 Å². The van der Waals surface area contributed by atoms with Gasteiger partial charge in [0, 0.05) is 24.7 Å². The van der Waals surface area contributed by atoms with E-state index in [0.717, 1.165) is 0 Å². The quantitative estimate of drug-likeness (QED) is 0.494. The zero-order chi connectivity index (χ0) is 16.0. The highest BCUT2D eigenvalue weighted by Crippen LogP contribution is 2.27. The van der Waals surface area contributed by atoms with E-state index in [1.165, 1.54) is 18.2 Å². The molecule has 1 aromatic rings. The van der Waals surface area contributed by atoms with Gasteiger partial charge in [0.25, 0.3) is 0 Å². The van der Waals surface area contributed by atoms with Crippen molar-refractivity contribution in [2.75, 3.05) is 13.1 Å². The van der Waals surface area contributed by atoms with E-state index in [1.54, 1.807) is 20.8 Å². The first-order valence-corrected chi connectivity index (χ1v) is 6.91. The van der Waals surface area contributed by atoms with Crippen molar-refractivity contribution in [1.82, 2.24) is 10.6 Å². The van der Waals surface area contributed by atoms with Crippen LogP contribution in [0.25, 0.3) is 0 Å². The molecule has 0 spiro atoms. The van der Waals surface area contributed by atoms with Gasteiger partial charge in [-0.05, 0) is 45.9 Å². The minimum atomic E-state index is -0.516. The van der Waals surface area contributed by atoms with Gasteiger partial charge in [0.1, 0.15) is 17.1 Å². The second kappa shape index (κ2) is 7.17. The van der Waals surface area contributed by atoms with Crippen LogP contribution in [-0.4, -0.2) is 35.0 Å². The van der Waals surface area contributed by atoms with Crippen LogP contribution in [0, 0.1) is 0 Å². The van der Waals surface area contributed by atoms with Crippen molar-refractivity contribution in [3.05, 3.63) is 23.8 Å². The van der Waals surface area contributed by atoms with Gasteiger partial charge < -0.3 is 25.6 Å². The van der Waals surface area contributed by atoms with Gasteiger partial charge in [-0.2, -0.15) is 0 Å². The third kappa shape index (κ3) is 6.35. The highest BCUT2D eigenvalue weighted by molar-refractivity contribution is 5.67. The van der Waals surface area contributed by atoms with Crippen molar-refractivity contribution in [2.24, 2.45) is 0 Å². The smallest absolute Gasteiger partial charge is 0.407 e. The Kier molecular flexibility index (Phi) is 5.84. The van der Waals surface area contributed by atoms with Gasteiger partial charge in [-0.1, -0.05) is 0 Å². The molecular formula is C15H24N2O4. The number of hydrogen-bond donors (Lipinski definition) is 4. The van der Waals surface area contributed by atoms with Crippen molar-refractivity contribution >= 4 is 6.09 Å². The third-order valence-electron chi connectivity index (χ3n) is 2.72. The Labute approximate surface area is 125 Å². The van der Waals surface area contributed by atoms with E-state index in [9.17, 15) is 15.0 Å². The van der Waals surface area contributed by atoms with E-state index in [2.05, 4.69) is 10.6 Å². The molecular weight excluding hydrogens is 272 g/mol. The minimum absolute atomic E-state index is 0.100. The number of amides is 1. The second-order valence-corrected chi connectivity index (χ2v) is 5.85. The van der Waals surface area contributed by atoms with Crippen molar-refractivity contribution in [3.63, 3.8) is 0 Å². The second-order valence-electron chi connectivity index (χ2n) is 5.85. The average Bonchev–Trinajstić information content (AvgIpc) is 2.35. The molecule has 0 bridgehead atoms. The van der Waals surface area contributed by atoms with Crippen LogP contribution < -0.4 is 10.6 Å². The summed E-state index contributed by atoms with van der Waals surface area (Å²) in [5.74, 6) is 0.219. The van der Waals surface area contributed by atoms with Gasteiger partial charge in [-0.15, -0.1) is 0 Å². The molecule has 1 amide bonds. The van der Waals surface area contributed by atoms with E-state index < -0.39 is 11.7 Å². The first kappa shape index (κ1) is 17.1. The summed E-state index contributed by atoms with van der Waals surface area (Å²) in [6, 6.07) is 4.23. The molecule has 0 saturated heterocycles. The number of phenols is 2. The summed E-state index contributed by atoms with van der Waals surface area (Å²) < 4.78 is 5.11. The van der Waals surface area contributed by atoms with Crippen LogP contribution in [-0.2, 0) is 4.74 Å². The standard InChI is InChI=1S/C15H24N2O4/c1-10(12-9-11(18)5-6-13(12)19)16-7-8-17-14(20)21-15(2,3)4/h5-6,9-10,16,18-19H,7-8H2,1-4H3,(H,17,20). The fourth-order valence-corrected chi connectivity index (χ4v) is 1.77. The molecule has 0 aromatic heterocycles. The summed E-state index contributed by atoms with van der Waals surface area (Å²) >= 11 is 0. The molecule has 1 unspecified atom stereocenters. The minimum Gasteiger partial charge on any atom is -0.508 e. The Hall–Kier alpha value is -1.95. The highest BCUT2D eigenvalue weighted by Gasteiger charge is 2.15. The number of benzene rings is 1. The van der Waals surface area contributed by atoms with E-state index in [0.29, 0.717) is 18.7 Å². The molecule has 0 aliphatic rings. The zero-order valence-electron chi connectivity index (χ0n) is 12.9. The lowest BCUT2D eigenvalue weighted by molar-refractivity contribution is 0.0528. The maximum absolute atomic E-state index is 11.4. The Morgan fingerprint density at radius 1 is 1.29 bits per heavy atom. The zero-order valence-corrected chi connectivity index (χ0v) is 12.9. The maximum Gasteiger partial charge on any atom is 0.407 e. The van der Waals surface area contributed by atoms with Gasteiger partial charge >= 0.3 is 6.09 Å². The molecule has 0 aliphatic heterocycles. The Bertz CT molecular complexity index is 483. The Balaban J connectivity index is 2.36. The van der Waals surface area contributed by atoms with Crippen LogP contribution in [0.15, 0.2) is 18.2 Å². The number of aromatic hydroxyl groups is 2. The molecule has 1 aromatic carbocycles. The molecule has 0 radical (unpaired) electrons. The van der Waals surface area contributed by atoms with Gasteiger partial charge in [-0.3, -0.25) is 0 Å². The lowest BCUT2D eigenvalue weighted by Crippen LogP contribution is -2.36. The number of ether oxygens (including phenoxy) is 1. The van der Waals surface area contributed by atoms with Gasteiger partial charge in [0.05, 0.1) is 0 Å². The van der Waals surface area contributed by atoms with Crippen molar-refractivity contribution in [2.45, 2.75) is 39.3 Å². The van der Waals surface area contributed by atoms with E-state index >= 15 is 0 Å². The first-order valence-electron chi connectivity index (χ1n) is 6.91. The molecule has 21 heavy (non-hydrogen) atoms. The summed E-state index contributed by atoms with van der Waals surface area (Å²) in [6.45, 7) is 8.18. The summed E-state index contributed by atoms with van der Waals surface area (Å²) in [4.78, 5) is 11.4. The average molecular weight is 296 g/mol. The van der Waals surface area contributed by atoms with Crippen molar-refractivity contribution < 1.29 is 19.7 Å². The molecule has 0 fully saturated rings. The number of carbonyl (C=O) groups excluding carboxylic acids is 1. The molecule has 0 aliphatic carbocycles. The molecule has 1 atom stereocenters. The maximum atomic E-state index is 11.4. The largest absolute Gasteiger partial charge is 0.508 e. The van der Waals surface area contributed by atoms with Crippen LogP contribution in [0.4, 0.5) is 4.79 Å². The summed E-state index contributed by atoms with van der Waals surface area (Å²) in [5.41, 5.74) is 0.0882. The molecule has 1 rings (SSSR count). The van der Waals surface area contributed by atoms with Gasteiger partial charge in [0.2, 0.25) is 0 Å². The van der Waals surface area contributed by atoms with Crippen LogP contribution in [0.3, 0.4) is 0 Å². The van der Waals surface area contributed by atoms with Gasteiger partial charge in [-0.25, -0.2) is 4.79 Å². The Morgan fingerprint density at radius 3 is 2.57 bits per heavy atom. The molecule has 118 valence electrons. The van der Waals surface area contributed by atoms with Crippen molar-refractivity contribution in [1.29, 1.82) is 0 Å². The SMILES string of the molecule is CC(NCCNC(=O)OC(C)(C)C)c1cc(O)ccc1O. The van der Waals surface area contributed by atoms with Crippen LogP contribution in [0.1, 0.15) is 39.3 Å². The first-order chi connectivity index (χ1) is 9.69. The molecule has 6 nitrogen and oxygen atoms in total. The van der Waals surface area contributed by atoms with E-state index in [4.69, 9.17) is 4.74 Å². The fourth-order valence-electron chi connectivity index (χ4n) is 1.77. The molecule has 0 saturated carbocycles. The summed E-state index contributed by atoms with van der Waals surface area (Å²) in [5, 5.41) is 24.9. The number of alkyl carbamates (subject to hydrolysis) is 1. The molecule has 0 heterocycles. The monoisotopic (exact) mass is 296 g/mol. The van der Waals surface area contributed by atoms with Crippen LogP contribution in [0.2, 0.25) is 0 Å². The van der Waals surface area contributed by atoms with Crippen molar-refractivity contribution in [3.8, 4) is 11.5 Å². The lowest BCUT2D eigenvalue weighted by Gasteiger charge is -2.20. The highest BCUT2D eigenvalue weighted by atomic mass is 16.6. The molecule has 4 N–H and O–H groups in total. The third-order valence-corrected chi connectivity index (χ3v) is 2.72.